The summed E-state index contributed by atoms with van der Waals surface area (Å²) in [5.41, 5.74) is -0.233. The average molecular weight is 142 g/mol. The van der Waals surface area contributed by atoms with Gasteiger partial charge in [0.15, 0.2) is 0 Å². The Bertz CT molecular complexity index is 133. The van der Waals surface area contributed by atoms with Crippen LogP contribution in [0.1, 0.15) is 19.8 Å². The summed E-state index contributed by atoms with van der Waals surface area (Å²) in [6.07, 6.45) is 4.09. The van der Waals surface area contributed by atoms with Crippen LogP contribution in [-0.4, -0.2) is 23.4 Å². The van der Waals surface area contributed by atoms with E-state index in [1.54, 1.807) is 0 Å². The number of ether oxygens (including phenoxy) is 1. The Morgan fingerprint density at radius 1 is 1.80 bits per heavy atom. The summed E-state index contributed by atoms with van der Waals surface area (Å²) in [6.45, 7) is 5.68. The fourth-order valence-electron chi connectivity index (χ4n) is 1.06. The Labute approximate surface area is 61.5 Å². The maximum Gasteiger partial charge on any atom is 0.115 e. The highest BCUT2D eigenvalue weighted by Gasteiger charge is 2.50. The fourth-order valence-corrected chi connectivity index (χ4v) is 1.06. The summed E-state index contributed by atoms with van der Waals surface area (Å²) in [4.78, 5) is 0. The molecule has 1 rings (SSSR count). The average Bonchev–Trinajstić information content (AvgIpc) is 2.59. The summed E-state index contributed by atoms with van der Waals surface area (Å²) < 4.78 is 5.26. The van der Waals surface area contributed by atoms with Gasteiger partial charge in [-0.05, 0) is 19.8 Å². The van der Waals surface area contributed by atoms with Crippen LogP contribution in [0.2, 0.25) is 0 Å². The van der Waals surface area contributed by atoms with E-state index >= 15 is 0 Å². The first-order valence-electron chi connectivity index (χ1n) is 3.62. The van der Waals surface area contributed by atoms with Crippen LogP contribution in [-0.2, 0) is 4.74 Å². The third-order valence-electron chi connectivity index (χ3n) is 1.98. The third kappa shape index (κ3) is 1.39. The molecule has 0 aromatic carbocycles. The van der Waals surface area contributed by atoms with Gasteiger partial charge < -0.3 is 9.84 Å². The molecular formula is C8H14O2. The molecule has 1 heterocycles. The van der Waals surface area contributed by atoms with E-state index in [-0.39, 0.29) is 18.3 Å². The predicted octanol–water partition coefficient (Wildman–Crippen LogP) is 1.10. The summed E-state index contributed by atoms with van der Waals surface area (Å²) in [7, 11) is 0. The zero-order chi connectivity index (χ0) is 7.61. The number of hydrogen-bond donors (Lipinski definition) is 1. The molecule has 2 nitrogen and oxygen atoms in total. The van der Waals surface area contributed by atoms with Gasteiger partial charge in [0.25, 0.3) is 0 Å². The minimum atomic E-state index is -0.233. The Kier molecular flexibility index (Phi) is 2.11. The molecule has 1 aliphatic heterocycles. The van der Waals surface area contributed by atoms with Crippen molar-refractivity contribution in [2.75, 3.05) is 6.61 Å². The van der Waals surface area contributed by atoms with Crippen LogP contribution >= 0.6 is 0 Å². The highest BCUT2D eigenvalue weighted by atomic mass is 16.6. The topological polar surface area (TPSA) is 32.8 Å². The van der Waals surface area contributed by atoms with Crippen molar-refractivity contribution in [3.05, 3.63) is 12.7 Å². The van der Waals surface area contributed by atoms with Crippen molar-refractivity contribution in [1.82, 2.24) is 0 Å². The van der Waals surface area contributed by atoms with E-state index in [9.17, 15) is 0 Å². The van der Waals surface area contributed by atoms with Crippen molar-refractivity contribution >= 4 is 0 Å². The minimum absolute atomic E-state index is 0.134. The summed E-state index contributed by atoms with van der Waals surface area (Å²) in [5, 5.41) is 8.78. The van der Waals surface area contributed by atoms with Gasteiger partial charge in [-0.1, -0.05) is 6.08 Å². The Hall–Kier alpha value is -0.340. The minimum Gasteiger partial charge on any atom is -0.393 e. The van der Waals surface area contributed by atoms with Gasteiger partial charge in [-0.2, -0.15) is 0 Å². The van der Waals surface area contributed by atoms with Crippen molar-refractivity contribution in [1.29, 1.82) is 0 Å². The van der Waals surface area contributed by atoms with Crippen LogP contribution in [0, 0.1) is 0 Å². The van der Waals surface area contributed by atoms with Crippen LogP contribution in [0.15, 0.2) is 12.7 Å². The lowest BCUT2D eigenvalue weighted by atomic mass is 10.1. The lowest BCUT2D eigenvalue weighted by Gasteiger charge is -1.97. The molecule has 58 valence electrons. The highest BCUT2D eigenvalue weighted by molar-refractivity contribution is 4.99. The molecule has 1 aliphatic rings. The molecule has 0 bridgehead atoms. The largest absolute Gasteiger partial charge is 0.393 e. The molecule has 0 aromatic heterocycles. The monoisotopic (exact) mass is 142 g/mol. The number of allylic oxidation sites excluding steroid dienone is 1. The van der Waals surface area contributed by atoms with Crippen molar-refractivity contribution in [2.45, 2.75) is 31.5 Å². The normalized spacial score (nSPS) is 37.6. The van der Waals surface area contributed by atoms with Gasteiger partial charge in [-0.25, -0.2) is 0 Å². The van der Waals surface area contributed by atoms with E-state index in [2.05, 4.69) is 6.58 Å². The molecule has 2 atom stereocenters. The van der Waals surface area contributed by atoms with E-state index in [0.717, 1.165) is 12.8 Å². The quantitative estimate of drug-likeness (QED) is 0.471. The third-order valence-corrected chi connectivity index (χ3v) is 1.98. The van der Waals surface area contributed by atoms with Crippen molar-refractivity contribution in [3.63, 3.8) is 0 Å². The second-order valence-corrected chi connectivity index (χ2v) is 2.94. The van der Waals surface area contributed by atoms with Crippen molar-refractivity contribution in [2.24, 2.45) is 0 Å². The van der Waals surface area contributed by atoms with Crippen molar-refractivity contribution < 1.29 is 9.84 Å². The summed E-state index contributed by atoms with van der Waals surface area (Å²) >= 11 is 0. The molecule has 0 aromatic rings. The molecule has 2 unspecified atom stereocenters. The second kappa shape index (κ2) is 2.72. The molecule has 2 heteroatoms. The number of aliphatic hydroxyl groups excluding tert-OH is 1. The van der Waals surface area contributed by atoms with Crippen molar-refractivity contribution in [3.8, 4) is 0 Å². The molecule has 1 N–H and O–H groups in total. The molecule has 10 heavy (non-hydrogen) atoms. The Balaban J connectivity index is 2.18. The number of hydrogen-bond acceptors (Lipinski definition) is 2. The van der Waals surface area contributed by atoms with E-state index in [1.165, 1.54) is 0 Å². The SMILES string of the molecule is C=CCCC1OC1(C)CO. The standard InChI is InChI=1S/C8H14O2/c1-3-4-5-7-8(2,6-9)10-7/h3,7,9H,1,4-6H2,2H3. The van der Waals surface area contributed by atoms with Gasteiger partial charge in [0.05, 0.1) is 12.7 Å². The van der Waals surface area contributed by atoms with Crippen LogP contribution in [0.5, 0.6) is 0 Å². The molecule has 0 radical (unpaired) electrons. The van der Waals surface area contributed by atoms with Crippen LogP contribution in [0.4, 0.5) is 0 Å². The molecule has 0 amide bonds. The Morgan fingerprint density at radius 2 is 2.50 bits per heavy atom. The first-order chi connectivity index (χ1) is 4.73. The summed E-state index contributed by atoms with van der Waals surface area (Å²) in [5.74, 6) is 0. The van der Waals surface area contributed by atoms with Gasteiger partial charge in [0.1, 0.15) is 5.60 Å². The first-order valence-corrected chi connectivity index (χ1v) is 3.62. The van der Waals surface area contributed by atoms with Gasteiger partial charge >= 0.3 is 0 Å². The smallest absolute Gasteiger partial charge is 0.115 e. The van der Waals surface area contributed by atoms with E-state index in [1.807, 2.05) is 13.0 Å². The fraction of sp³-hybridized carbons (Fsp3) is 0.750. The van der Waals surface area contributed by atoms with E-state index in [0.29, 0.717) is 0 Å². The summed E-state index contributed by atoms with van der Waals surface area (Å²) in [6, 6.07) is 0. The molecule has 1 saturated heterocycles. The molecule has 0 saturated carbocycles. The molecule has 1 fully saturated rings. The number of epoxide rings is 1. The van der Waals surface area contributed by atoms with Crippen LogP contribution in [0.25, 0.3) is 0 Å². The van der Waals surface area contributed by atoms with Gasteiger partial charge in [-0.3, -0.25) is 0 Å². The zero-order valence-electron chi connectivity index (χ0n) is 6.34. The van der Waals surface area contributed by atoms with Gasteiger partial charge in [0, 0.05) is 0 Å². The number of aliphatic hydroxyl groups is 1. The maximum atomic E-state index is 8.78. The molecule has 0 spiro atoms. The highest BCUT2D eigenvalue weighted by Crippen LogP contribution is 2.38. The van der Waals surface area contributed by atoms with E-state index < -0.39 is 0 Å². The van der Waals surface area contributed by atoms with E-state index in [4.69, 9.17) is 9.84 Å². The first kappa shape index (κ1) is 7.76. The van der Waals surface area contributed by atoms with Crippen LogP contribution in [0.3, 0.4) is 0 Å². The Morgan fingerprint density at radius 3 is 2.90 bits per heavy atom. The maximum absolute atomic E-state index is 8.78. The lowest BCUT2D eigenvalue weighted by Crippen LogP contribution is -2.14. The second-order valence-electron chi connectivity index (χ2n) is 2.94. The predicted molar refractivity (Wildman–Crippen MR) is 39.8 cm³/mol. The number of rotatable bonds is 4. The van der Waals surface area contributed by atoms with Crippen LogP contribution < -0.4 is 0 Å². The molecule has 0 aliphatic carbocycles. The zero-order valence-corrected chi connectivity index (χ0v) is 6.34. The van der Waals surface area contributed by atoms with Gasteiger partial charge in [0.2, 0.25) is 0 Å². The lowest BCUT2D eigenvalue weighted by molar-refractivity contribution is 0.184. The van der Waals surface area contributed by atoms with Gasteiger partial charge in [-0.15, -0.1) is 6.58 Å². The molecular weight excluding hydrogens is 128 g/mol.